The molecule has 0 saturated carbocycles. The van der Waals surface area contributed by atoms with Gasteiger partial charge in [-0.15, -0.1) is 0 Å². The second-order valence-electron chi connectivity index (χ2n) is 1.94. The molecule has 47 valence electrons. The normalized spacial score (nSPS) is 22.1. The van der Waals surface area contributed by atoms with E-state index in [0.717, 1.165) is 26.3 Å². The summed E-state index contributed by atoms with van der Waals surface area (Å²) in [5.41, 5.74) is 0. The molecule has 2 heteroatoms. The summed E-state index contributed by atoms with van der Waals surface area (Å²) in [6.45, 7) is 7.09. The number of hydrogen-bond donors (Lipinski definition) is 0. The SMILES string of the molecule is CC[CH]N1CCOC1. The molecule has 0 atom stereocenters. The van der Waals surface area contributed by atoms with E-state index in [1.807, 2.05) is 0 Å². The fourth-order valence-electron chi connectivity index (χ4n) is 0.830. The van der Waals surface area contributed by atoms with E-state index in [4.69, 9.17) is 4.74 Å². The molecule has 1 radical (unpaired) electrons. The van der Waals surface area contributed by atoms with Gasteiger partial charge in [0.1, 0.15) is 0 Å². The van der Waals surface area contributed by atoms with Crippen molar-refractivity contribution in [2.75, 3.05) is 19.9 Å². The van der Waals surface area contributed by atoms with Crippen molar-refractivity contribution in [2.24, 2.45) is 0 Å². The summed E-state index contributed by atoms with van der Waals surface area (Å²) in [5.74, 6) is 0. The molecule has 0 N–H and O–H groups in total. The first-order chi connectivity index (χ1) is 3.93. The van der Waals surface area contributed by atoms with Crippen LogP contribution in [0, 0.1) is 6.54 Å². The van der Waals surface area contributed by atoms with Crippen LogP contribution in [0.1, 0.15) is 13.3 Å². The van der Waals surface area contributed by atoms with E-state index in [0.29, 0.717) is 0 Å². The number of ether oxygens (including phenoxy) is 1. The van der Waals surface area contributed by atoms with Gasteiger partial charge in [-0.05, 0) is 6.42 Å². The van der Waals surface area contributed by atoms with Crippen molar-refractivity contribution in [3.8, 4) is 0 Å². The zero-order valence-electron chi connectivity index (χ0n) is 5.26. The van der Waals surface area contributed by atoms with Gasteiger partial charge in [0.25, 0.3) is 0 Å². The Labute approximate surface area is 50.4 Å². The number of hydrogen-bond acceptors (Lipinski definition) is 2. The highest BCUT2D eigenvalue weighted by molar-refractivity contribution is 4.66. The quantitative estimate of drug-likeness (QED) is 0.527. The Hall–Kier alpha value is -0.0800. The summed E-state index contributed by atoms with van der Waals surface area (Å²) in [4.78, 5) is 2.19. The molecule has 0 bridgehead atoms. The highest BCUT2D eigenvalue weighted by Crippen LogP contribution is 2.02. The van der Waals surface area contributed by atoms with E-state index in [1.165, 1.54) is 0 Å². The fourth-order valence-corrected chi connectivity index (χ4v) is 0.830. The van der Waals surface area contributed by atoms with Gasteiger partial charge in [-0.2, -0.15) is 0 Å². The first kappa shape index (κ1) is 6.05. The average molecular weight is 114 g/mol. The smallest absolute Gasteiger partial charge is 0.0994 e. The summed E-state index contributed by atoms with van der Waals surface area (Å²) in [6.07, 6.45) is 1.11. The standard InChI is InChI=1S/C6H12NO/c1-2-3-7-4-5-8-6-7/h3H,2,4-6H2,1H3. The molecule has 1 aliphatic rings. The summed E-state index contributed by atoms with van der Waals surface area (Å²) < 4.78 is 5.10. The predicted molar refractivity (Wildman–Crippen MR) is 32.1 cm³/mol. The monoisotopic (exact) mass is 114 g/mol. The molecule has 1 heterocycles. The van der Waals surface area contributed by atoms with Crippen molar-refractivity contribution in [3.05, 3.63) is 6.54 Å². The Morgan fingerprint density at radius 2 is 2.62 bits per heavy atom. The van der Waals surface area contributed by atoms with Crippen molar-refractivity contribution in [1.82, 2.24) is 4.90 Å². The van der Waals surface area contributed by atoms with Crippen LogP contribution in [0.3, 0.4) is 0 Å². The van der Waals surface area contributed by atoms with Gasteiger partial charge in [0.05, 0.1) is 13.3 Å². The molecule has 8 heavy (non-hydrogen) atoms. The Morgan fingerprint density at radius 1 is 1.75 bits per heavy atom. The maximum absolute atomic E-state index is 5.10. The highest BCUT2D eigenvalue weighted by Gasteiger charge is 2.09. The third-order valence-corrected chi connectivity index (χ3v) is 1.22. The van der Waals surface area contributed by atoms with Crippen LogP contribution in [0.25, 0.3) is 0 Å². The molecule has 2 nitrogen and oxygen atoms in total. The van der Waals surface area contributed by atoms with Crippen LogP contribution < -0.4 is 0 Å². The molecule has 1 aliphatic heterocycles. The Balaban J connectivity index is 2.06. The van der Waals surface area contributed by atoms with Gasteiger partial charge < -0.3 is 4.74 Å². The van der Waals surface area contributed by atoms with Crippen LogP contribution in [-0.2, 0) is 4.74 Å². The zero-order chi connectivity index (χ0) is 5.82. The highest BCUT2D eigenvalue weighted by atomic mass is 16.5. The van der Waals surface area contributed by atoms with E-state index in [9.17, 15) is 0 Å². The van der Waals surface area contributed by atoms with Crippen LogP contribution in [0.4, 0.5) is 0 Å². The average Bonchev–Trinajstić information content (AvgIpc) is 2.19. The molecule has 1 saturated heterocycles. The van der Waals surface area contributed by atoms with Gasteiger partial charge in [-0.3, -0.25) is 4.90 Å². The Morgan fingerprint density at radius 3 is 3.12 bits per heavy atom. The van der Waals surface area contributed by atoms with Gasteiger partial charge in [0.15, 0.2) is 0 Å². The van der Waals surface area contributed by atoms with Gasteiger partial charge in [-0.1, -0.05) is 6.92 Å². The summed E-state index contributed by atoms with van der Waals surface area (Å²) in [6, 6.07) is 0. The Bertz CT molecular complexity index is 59.5. The lowest BCUT2D eigenvalue weighted by Gasteiger charge is -2.08. The molecule has 0 aromatic heterocycles. The summed E-state index contributed by atoms with van der Waals surface area (Å²) >= 11 is 0. The number of nitrogens with zero attached hydrogens (tertiary/aromatic N) is 1. The lowest BCUT2D eigenvalue weighted by Crippen LogP contribution is -2.15. The fraction of sp³-hybridized carbons (Fsp3) is 0.833. The minimum Gasteiger partial charge on any atom is -0.365 e. The largest absolute Gasteiger partial charge is 0.365 e. The van der Waals surface area contributed by atoms with Crippen LogP contribution >= 0.6 is 0 Å². The summed E-state index contributed by atoms with van der Waals surface area (Å²) in [7, 11) is 0. The first-order valence-corrected chi connectivity index (χ1v) is 3.08. The predicted octanol–water partition coefficient (Wildman–Crippen LogP) is 0.848. The van der Waals surface area contributed by atoms with Gasteiger partial charge in [0.2, 0.25) is 0 Å². The molecule has 0 amide bonds. The maximum Gasteiger partial charge on any atom is 0.0994 e. The van der Waals surface area contributed by atoms with Crippen LogP contribution in [0.2, 0.25) is 0 Å². The van der Waals surface area contributed by atoms with Crippen molar-refractivity contribution in [1.29, 1.82) is 0 Å². The minimum absolute atomic E-state index is 0.799. The summed E-state index contributed by atoms with van der Waals surface area (Å²) in [5, 5.41) is 0. The molecule has 0 spiro atoms. The third-order valence-electron chi connectivity index (χ3n) is 1.22. The molecule has 1 fully saturated rings. The topological polar surface area (TPSA) is 12.5 Å². The minimum atomic E-state index is 0.799. The molecule has 0 aromatic carbocycles. The third kappa shape index (κ3) is 1.46. The van der Waals surface area contributed by atoms with E-state index in [1.54, 1.807) is 0 Å². The van der Waals surface area contributed by atoms with Gasteiger partial charge in [0, 0.05) is 13.1 Å². The van der Waals surface area contributed by atoms with Gasteiger partial charge >= 0.3 is 0 Å². The molecule has 1 rings (SSSR count). The van der Waals surface area contributed by atoms with Crippen LogP contribution in [-0.4, -0.2) is 24.8 Å². The second kappa shape index (κ2) is 3.05. The van der Waals surface area contributed by atoms with E-state index < -0.39 is 0 Å². The molecular weight excluding hydrogens is 102 g/mol. The molecule has 0 aliphatic carbocycles. The van der Waals surface area contributed by atoms with Gasteiger partial charge in [-0.25, -0.2) is 0 Å². The maximum atomic E-state index is 5.10. The molecule has 0 aromatic rings. The lowest BCUT2D eigenvalue weighted by molar-refractivity contribution is 0.153. The zero-order valence-corrected chi connectivity index (χ0v) is 5.26. The first-order valence-electron chi connectivity index (χ1n) is 3.08. The second-order valence-corrected chi connectivity index (χ2v) is 1.94. The van der Waals surface area contributed by atoms with E-state index >= 15 is 0 Å². The lowest BCUT2D eigenvalue weighted by atomic mass is 10.4. The van der Waals surface area contributed by atoms with Crippen LogP contribution in [0.5, 0.6) is 0 Å². The van der Waals surface area contributed by atoms with Crippen LogP contribution in [0.15, 0.2) is 0 Å². The van der Waals surface area contributed by atoms with Crippen molar-refractivity contribution in [3.63, 3.8) is 0 Å². The van der Waals surface area contributed by atoms with E-state index in [2.05, 4.69) is 18.4 Å². The molecular formula is C6H12NO. The van der Waals surface area contributed by atoms with E-state index in [-0.39, 0.29) is 0 Å². The Kier molecular flexibility index (Phi) is 2.30. The van der Waals surface area contributed by atoms with Crippen molar-refractivity contribution < 1.29 is 4.74 Å². The van der Waals surface area contributed by atoms with Crippen molar-refractivity contribution >= 4 is 0 Å². The van der Waals surface area contributed by atoms with Crippen molar-refractivity contribution in [2.45, 2.75) is 13.3 Å². The number of rotatable bonds is 2. The molecule has 0 unspecified atom stereocenters.